The molecule has 2 fully saturated rings. The molecule has 1 aliphatic heterocycles. The summed E-state index contributed by atoms with van der Waals surface area (Å²) >= 11 is 0. The molecular formula is C22H26N2O4. The van der Waals surface area contributed by atoms with Crippen LogP contribution in [-0.4, -0.2) is 40.9 Å². The summed E-state index contributed by atoms with van der Waals surface area (Å²) in [6.07, 6.45) is 5.12. The SMILES string of the molecule is NC(=O)C1CC12CCC(C(=O)N1CC=C(c3ccccc3)CC1)C(C(=O)O)C2. The number of aliphatic carboxylic acids is 1. The van der Waals surface area contributed by atoms with Crippen LogP contribution in [0.15, 0.2) is 36.4 Å². The Hall–Kier alpha value is -2.63. The standard InChI is InChI=1S/C22H26N2O4/c23-19(25)18-13-22(18)9-6-16(17(12-22)21(27)28)20(26)24-10-7-15(8-11-24)14-4-2-1-3-5-14/h1-5,7,16-18H,6,8-13H2,(H2,23,25)(H,27,28). The molecule has 4 atom stereocenters. The summed E-state index contributed by atoms with van der Waals surface area (Å²) in [7, 11) is 0. The maximum absolute atomic E-state index is 13.1. The lowest BCUT2D eigenvalue weighted by Gasteiger charge is -2.37. The predicted octanol–water partition coefficient (Wildman–Crippen LogP) is 2.29. The van der Waals surface area contributed by atoms with Crippen LogP contribution in [0.25, 0.3) is 5.57 Å². The minimum atomic E-state index is -0.940. The first-order chi connectivity index (χ1) is 13.4. The molecular weight excluding hydrogens is 356 g/mol. The molecule has 148 valence electrons. The molecule has 1 aromatic rings. The third-order valence-corrected chi connectivity index (χ3v) is 6.90. The molecule has 0 bridgehead atoms. The van der Waals surface area contributed by atoms with Crippen molar-refractivity contribution in [3.63, 3.8) is 0 Å². The molecule has 6 heteroatoms. The Balaban J connectivity index is 1.44. The first-order valence-electron chi connectivity index (χ1n) is 9.97. The van der Waals surface area contributed by atoms with Gasteiger partial charge in [-0.3, -0.25) is 14.4 Å². The summed E-state index contributed by atoms with van der Waals surface area (Å²) in [5, 5.41) is 9.73. The van der Waals surface area contributed by atoms with Gasteiger partial charge >= 0.3 is 5.97 Å². The first-order valence-corrected chi connectivity index (χ1v) is 9.97. The van der Waals surface area contributed by atoms with Gasteiger partial charge in [-0.1, -0.05) is 36.4 Å². The van der Waals surface area contributed by atoms with E-state index in [1.807, 2.05) is 18.2 Å². The normalized spacial score (nSPS) is 31.9. The molecule has 0 aromatic heterocycles. The molecule has 2 amide bonds. The highest BCUT2D eigenvalue weighted by Crippen LogP contribution is 2.63. The number of carbonyl (C=O) groups is 3. The minimum Gasteiger partial charge on any atom is -0.481 e. The first kappa shape index (κ1) is 18.7. The highest BCUT2D eigenvalue weighted by atomic mass is 16.4. The van der Waals surface area contributed by atoms with E-state index in [0.29, 0.717) is 38.8 Å². The van der Waals surface area contributed by atoms with Crippen LogP contribution in [0.3, 0.4) is 0 Å². The molecule has 1 heterocycles. The third kappa shape index (κ3) is 3.32. The molecule has 3 aliphatic rings. The number of rotatable bonds is 4. The molecule has 1 spiro atoms. The second-order valence-electron chi connectivity index (χ2n) is 8.45. The highest BCUT2D eigenvalue weighted by molar-refractivity contribution is 5.87. The van der Waals surface area contributed by atoms with E-state index in [0.717, 1.165) is 6.42 Å². The quantitative estimate of drug-likeness (QED) is 0.834. The maximum atomic E-state index is 13.1. The van der Waals surface area contributed by atoms with Crippen LogP contribution in [0.1, 0.15) is 37.7 Å². The van der Waals surface area contributed by atoms with Crippen LogP contribution < -0.4 is 5.73 Å². The van der Waals surface area contributed by atoms with Crippen molar-refractivity contribution in [3.8, 4) is 0 Å². The zero-order valence-corrected chi connectivity index (χ0v) is 15.8. The third-order valence-electron chi connectivity index (χ3n) is 6.90. The number of carboxylic acids is 1. The molecule has 4 unspecified atom stereocenters. The Morgan fingerprint density at radius 2 is 1.86 bits per heavy atom. The fourth-order valence-electron chi connectivity index (χ4n) is 5.15. The Labute approximate surface area is 164 Å². The molecule has 4 rings (SSSR count). The minimum absolute atomic E-state index is 0.0677. The van der Waals surface area contributed by atoms with Gasteiger partial charge in [-0.15, -0.1) is 0 Å². The summed E-state index contributed by atoms with van der Waals surface area (Å²) in [4.78, 5) is 38.3. The van der Waals surface area contributed by atoms with Crippen LogP contribution in [0.2, 0.25) is 0 Å². The van der Waals surface area contributed by atoms with E-state index in [-0.39, 0.29) is 23.1 Å². The maximum Gasteiger partial charge on any atom is 0.307 e. The molecule has 1 aromatic carbocycles. The number of nitrogens with two attached hydrogens (primary N) is 1. The Bertz CT molecular complexity index is 834. The van der Waals surface area contributed by atoms with Gasteiger partial charge in [0.2, 0.25) is 11.8 Å². The average Bonchev–Trinajstić information content (AvgIpc) is 3.42. The fourth-order valence-corrected chi connectivity index (χ4v) is 5.15. The van der Waals surface area contributed by atoms with Crippen LogP contribution in [0, 0.1) is 23.2 Å². The summed E-state index contributed by atoms with van der Waals surface area (Å²) in [5.74, 6) is -2.82. The van der Waals surface area contributed by atoms with Crippen molar-refractivity contribution in [2.45, 2.75) is 32.1 Å². The van der Waals surface area contributed by atoms with E-state index in [1.54, 1.807) is 4.90 Å². The topological polar surface area (TPSA) is 101 Å². The molecule has 2 aliphatic carbocycles. The van der Waals surface area contributed by atoms with Gasteiger partial charge in [0.25, 0.3) is 0 Å². The van der Waals surface area contributed by atoms with Gasteiger partial charge < -0.3 is 15.7 Å². The van der Waals surface area contributed by atoms with Gasteiger partial charge in [0.15, 0.2) is 0 Å². The Morgan fingerprint density at radius 1 is 1.11 bits per heavy atom. The molecule has 3 N–H and O–H groups in total. The largest absolute Gasteiger partial charge is 0.481 e. The molecule has 0 saturated heterocycles. The van der Waals surface area contributed by atoms with Crippen molar-refractivity contribution in [1.29, 1.82) is 0 Å². The van der Waals surface area contributed by atoms with Crippen molar-refractivity contribution in [3.05, 3.63) is 42.0 Å². The van der Waals surface area contributed by atoms with Crippen molar-refractivity contribution in [2.75, 3.05) is 13.1 Å². The van der Waals surface area contributed by atoms with Gasteiger partial charge in [-0.2, -0.15) is 0 Å². The monoisotopic (exact) mass is 382 g/mol. The van der Waals surface area contributed by atoms with Gasteiger partial charge in [0.1, 0.15) is 0 Å². The molecule has 28 heavy (non-hydrogen) atoms. The van der Waals surface area contributed by atoms with E-state index in [2.05, 4.69) is 18.2 Å². The Kier molecular flexibility index (Phi) is 4.73. The lowest BCUT2D eigenvalue weighted by Crippen LogP contribution is -2.46. The van der Waals surface area contributed by atoms with E-state index in [9.17, 15) is 19.5 Å². The number of hydrogen-bond acceptors (Lipinski definition) is 3. The van der Waals surface area contributed by atoms with Gasteiger partial charge in [-0.05, 0) is 48.7 Å². The lowest BCUT2D eigenvalue weighted by atomic mass is 9.70. The summed E-state index contributed by atoms with van der Waals surface area (Å²) < 4.78 is 0. The van der Waals surface area contributed by atoms with E-state index in [4.69, 9.17) is 5.73 Å². The summed E-state index contributed by atoms with van der Waals surface area (Å²) in [5.41, 5.74) is 7.54. The number of hydrogen-bond donors (Lipinski definition) is 2. The second kappa shape index (κ2) is 7.08. The second-order valence-corrected chi connectivity index (χ2v) is 8.45. The van der Waals surface area contributed by atoms with E-state index in [1.165, 1.54) is 11.1 Å². The number of primary amides is 1. The fraction of sp³-hybridized carbons (Fsp3) is 0.500. The lowest BCUT2D eigenvalue weighted by molar-refractivity contribution is -0.153. The Morgan fingerprint density at radius 3 is 2.43 bits per heavy atom. The number of nitrogens with zero attached hydrogens (tertiary/aromatic N) is 1. The van der Waals surface area contributed by atoms with Crippen molar-refractivity contribution in [2.24, 2.45) is 28.9 Å². The van der Waals surface area contributed by atoms with Gasteiger partial charge in [-0.25, -0.2) is 0 Å². The van der Waals surface area contributed by atoms with Crippen LogP contribution in [0.4, 0.5) is 0 Å². The van der Waals surface area contributed by atoms with Gasteiger partial charge in [0, 0.05) is 19.0 Å². The zero-order valence-electron chi connectivity index (χ0n) is 15.8. The number of amides is 2. The van der Waals surface area contributed by atoms with Gasteiger partial charge in [0.05, 0.1) is 11.8 Å². The smallest absolute Gasteiger partial charge is 0.307 e. The molecule has 6 nitrogen and oxygen atoms in total. The van der Waals surface area contributed by atoms with Crippen LogP contribution >= 0.6 is 0 Å². The van der Waals surface area contributed by atoms with E-state index < -0.39 is 17.8 Å². The summed E-state index contributed by atoms with van der Waals surface area (Å²) in [6.45, 7) is 1.12. The van der Waals surface area contributed by atoms with Crippen LogP contribution in [0.5, 0.6) is 0 Å². The van der Waals surface area contributed by atoms with Crippen molar-refractivity contribution < 1.29 is 19.5 Å². The van der Waals surface area contributed by atoms with E-state index >= 15 is 0 Å². The molecule has 0 radical (unpaired) electrons. The van der Waals surface area contributed by atoms with Crippen molar-refractivity contribution >= 4 is 23.4 Å². The zero-order chi connectivity index (χ0) is 19.9. The average molecular weight is 382 g/mol. The highest BCUT2D eigenvalue weighted by Gasteiger charge is 2.61. The number of carboxylic acid groups (broad SMARTS) is 1. The number of carbonyl (C=O) groups excluding carboxylic acids is 2. The molecule has 2 saturated carbocycles. The summed E-state index contributed by atoms with van der Waals surface area (Å²) in [6, 6.07) is 10.1. The number of benzene rings is 1. The predicted molar refractivity (Wildman–Crippen MR) is 104 cm³/mol. The van der Waals surface area contributed by atoms with Crippen molar-refractivity contribution in [1.82, 2.24) is 4.90 Å². The van der Waals surface area contributed by atoms with Crippen LogP contribution in [-0.2, 0) is 14.4 Å².